The first kappa shape index (κ1) is 17.3. The summed E-state index contributed by atoms with van der Waals surface area (Å²) in [6, 6.07) is 14.9. The normalized spacial score (nSPS) is 16.4. The summed E-state index contributed by atoms with van der Waals surface area (Å²) in [5.74, 6) is 1.18. The van der Waals surface area contributed by atoms with Crippen molar-refractivity contribution in [2.24, 2.45) is 0 Å². The first-order valence-corrected chi connectivity index (χ1v) is 8.53. The molecule has 0 spiro atoms. The quantitative estimate of drug-likeness (QED) is 0.836. The van der Waals surface area contributed by atoms with Gasteiger partial charge in [-0.25, -0.2) is 0 Å². The highest BCUT2D eigenvalue weighted by Crippen LogP contribution is 2.20. The molecule has 2 aromatic rings. The van der Waals surface area contributed by atoms with Crippen molar-refractivity contribution >= 4 is 11.6 Å². The standard InChI is InChI=1S/C20H23NO4/c1-15-7-9-17(10-8-15)25-14-20(22)21-16-4-2-5-18(12-16)24-13-19-6-3-11-23-19/h2,4-5,7-10,12,19H,3,6,11,13-14H2,1H3,(H,21,22). The first-order chi connectivity index (χ1) is 12.2. The maximum absolute atomic E-state index is 12.0. The maximum atomic E-state index is 12.0. The largest absolute Gasteiger partial charge is 0.491 e. The van der Waals surface area contributed by atoms with Crippen LogP contribution in [-0.2, 0) is 9.53 Å². The Hall–Kier alpha value is -2.53. The molecule has 1 fully saturated rings. The highest BCUT2D eigenvalue weighted by molar-refractivity contribution is 5.92. The van der Waals surface area contributed by atoms with E-state index in [-0.39, 0.29) is 18.6 Å². The minimum absolute atomic E-state index is 0.0376. The molecule has 1 heterocycles. The average Bonchev–Trinajstić information content (AvgIpc) is 3.13. The molecule has 1 aliphatic heterocycles. The number of carbonyl (C=O) groups excluding carboxylic acids is 1. The minimum atomic E-state index is -0.211. The Morgan fingerprint density at radius 2 is 2.00 bits per heavy atom. The number of anilines is 1. The van der Waals surface area contributed by atoms with Crippen LogP contribution in [0.5, 0.6) is 11.5 Å². The number of aryl methyl sites for hydroxylation is 1. The number of nitrogens with one attached hydrogen (secondary N) is 1. The van der Waals surface area contributed by atoms with Gasteiger partial charge in [-0.15, -0.1) is 0 Å². The van der Waals surface area contributed by atoms with E-state index in [0.717, 1.165) is 25.0 Å². The smallest absolute Gasteiger partial charge is 0.262 e. The highest BCUT2D eigenvalue weighted by Gasteiger charge is 2.16. The molecule has 132 valence electrons. The molecular weight excluding hydrogens is 318 g/mol. The number of rotatable bonds is 7. The van der Waals surface area contributed by atoms with Crippen molar-refractivity contribution in [3.63, 3.8) is 0 Å². The molecule has 5 nitrogen and oxygen atoms in total. The fraction of sp³-hybridized carbons (Fsp3) is 0.350. The lowest BCUT2D eigenvalue weighted by Gasteiger charge is -2.13. The Labute approximate surface area is 147 Å². The van der Waals surface area contributed by atoms with Crippen LogP contribution < -0.4 is 14.8 Å². The van der Waals surface area contributed by atoms with Crippen molar-refractivity contribution in [1.82, 2.24) is 0 Å². The third kappa shape index (κ3) is 5.50. The van der Waals surface area contributed by atoms with Gasteiger partial charge in [-0.2, -0.15) is 0 Å². The van der Waals surface area contributed by atoms with Gasteiger partial charge in [0.25, 0.3) is 5.91 Å². The molecule has 1 N–H and O–H groups in total. The number of amides is 1. The van der Waals surface area contributed by atoms with Crippen LogP contribution in [-0.4, -0.2) is 31.8 Å². The van der Waals surface area contributed by atoms with Crippen LogP contribution in [0.1, 0.15) is 18.4 Å². The Balaban J connectivity index is 1.47. The van der Waals surface area contributed by atoms with Crippen LogP contribution >= 0.6 is 0 Å². The number of ether oxygens (including phenoxy) is 3. The van der Waals surface area contributed by atoms with E-state index >= 15 is 0 Å². The lowest BCUT2D eigenvalue weighted by molar-refractivity contribution is -0.118. The zero-order chi connectivity index (χ0) is 17.5. The summed E-state index contributed by atoms with van der Waals surface area (Å²) < 4.78 is 16.8. The van der Waals surface area contributed by atoms with Crippen molar-refractivity contribution in [1.29, 1.82) is 0 Å². The second-order valence-corrected chi connectivity index (χ2v) is 6.12. The zero-order valence-corrected chi connectivity index (χ0v) is 14.4. The van der Waals surface area contributed by atoms with E-state index in [0.29, 0.717) is 23.8 Å². The van der Waals surface area contributed by atoms with Crippen LogP contribution in [0.15, 0.2) is 48.5 Å². The molecular formula is C20H23NO4. The number of hydrogen-bond donors (Lipinski definition) is 1. The Bertz CT molecular complexity index is 693. The predicted octanol–water partition coefficient (Wildman–Crippen LogP) is 3.57. The summed E-state index contributed by atoms with van der Waals surface area (Å²) >= 11 is 0. The van der Waals surface area contributed by atoms with Crippen molar-refractivity contribution in [3.8, 4) is 11.5 Å². The molecule has 1 unspecified atom stereocenters. The van der Waals surface area contributed by atoms with E-state index in [9.17, 15) is 4.79 Å². The van der Waals surface area contributed by atoms with Crippen LogP contribution in [0, 0.1) is 6.92 Å². The van der Waals surface area contributed by atoms with Crippen molar-refractivity contribution in [3.05, 3.63) is 54.1 Å². The number of hydrogen-bond acceptors (Lipinski definition) is 4. The van der Waals surface area contributed by atoms with Gasteiger partial charge in [-0.05, 0) is 44.0 Å². The fourth-order valence-electron chi connectivity index (χ4n) is 2.61. The molecule has 5 heteroatoms. The van der Waals surface area contributed by atoms with Gasteiger partial charge in [0.15, 0.2) is 6.61 Å². The molecule has 0 aliphatic carbocycles. The van der Waals surface area contributed by atoms with Crippen LogP contribution in [0.2, 0.25) is 0 Å². The van der Waals surface area contributed by atoms with E-state index in [2.05, 4.69) is 5.32 Å². The summed E-state index contributed by atoms with van der Waals surface area (Å²) in [5.41, 5.74) is 1.83. The lowest BCUT2D eigenvalue weighted by atomic mass is 10.2. The summed E-state index contributed by atoms with van der Waals surface area (Å²) in [5, 5.41) is 2.82. The molecule has 25 heavy (non-hydrogen) atoms. The van der Waals surface area contributed by atoms with Crippen LogP contribution in [0.3, 0.4) is 0 Å². The molecule has 0 aromatic heterocycles. The molecule has 0 bridgehead atoms. The predicted molar refractivity (Wildman–Crippen MR) is 96.2 cm³/mol. The Kier molecular flexibility index (Phi) is 5.90. The summed E-state index contributed by atoms with van der Waals surface area (Å²) in [4.78, 5) is 12.0. The second kappa shape index (κ2) is 8.53. The SMILES string of the molecule is Cc1ccc(OCC(=O)Nc2cccc(OCC3CCCO3)c2)cc1. The van der Waals surface area contributed by atoms with Crippen LogP contribution in [0.4, 0.5) is 5.69 Å². The number of benzene rings is 2. The molecule has 1 saturated heterocycles. The highest BCUT2D eigenvalue weighted by atomic mass is 16.5. The van der Waals surface area contributed by atoms with Crippen molar-refractivity contribution in [2.45, 2.75) is 25.9 Å². The van der Waals surface area contributed by atoms with Crippen molar-refractivity contribution < 1.29 is 19.0 Å². The van der Waals surface area contributed by atoms with E-state index in [1.54, 1.807) is 6.07 Å². The maximum Gasteiger partial charge on any atom is 0.262 e. The fourth-order valence-corrected chi connectivity index (χ4v) is 2.61. The summed E-state index contributed by atoms with van der Waals surface area (Å²) in [6.45, 7) is 3.31. The third-order valence-electron chi connectivity index (χ3n) is 3.97. The van der Waals surface area contributed by atoms with Gasteiger partial charge >= 0.3 is 0 Å². The van der Waals surface area contributed by atoms with Gasteiger partial charge in [0, 0.05) is 18.4 Å². The van der Waals surface area contributed by atoms with Crippen LogP contribution in [0.25, 0.3) is 0 Å². The van der Waals surface area contributed by atoms with Gasteiger partial charge in [-0.3, -0.25) is 4.79 Å². The molecule has 2 aromatic carbocycles. The van der Waals surface area contributed by atoms with E-state index < -0.39 is 0 Å². The Morgan fingerprint density at radius 3 is 2.76 bits per heavy atom. The summed E-state index contributed by atoms with van der Waals surface area (Å²) in [7, 11) is 0. The first-order valence-electron chi connectivity index (χ1n) is 8.53. The molecule has 1 aliphatic rings. The molecule has 1 amide bonds. The third-order valence-corrected chi connectivity index (χ3v) is 3.97. The molecule has 0 saturated carbocycles. The summed E-state index contributed by atoms with van der Waals surface area (Å²) in [6.07, 6.45) is 2.29. The van der Waals surface area contributed by atoms with Gasteiger partial charge in [0.1, 0.15) is 18.1 Å². The second-order valence-electron chi connectivity index (χ2n) is 6.12. The van der Waals surface area contributed by atoms with Gasteiger partial charge in [0.2, 0.25) is 0 Å². The topological polar surface area (TPSA) is 56.8 Å². The van der Waals surface area contributed by atoms with Crippen molar-refractivity contribution in [2.75, 3.05) is 25.1 Å². The zero-order valence-electron chi connectivity index (χ0n) is 14.4. The molecule has 0 radical (unpaired) electrons. The van der Waals surface area contributed by atoms with E-state index in [4.69, 9.17) is 14.2 Å². The molecule has 3 rings (SSSR count). The van der Waals surface area contributed by atoms with Gasteiger partial charge < -0.3 is 19.5 Å². The number of carbonyl (C=O) groups is 1. The van der Waals surface area contributed by atoms with Gasteiger partial charge in [-0.1, -0.05) is 23.8 Å². The van der Waals surface area contributed by atoms with E-state index in [1.807, 2.05) is 49.4 Å². The lowest BCUT2D eigenvalue weighted by Crippen LogP contribution is -2.20. The monoisotopic (exact) mass is 341 g/mol. The Morgan fingerprint density at radius 1 is 1.16 bits per heavy atom. The van der Waals surface area contributed by atoms with E-state index in [1.165, 1.54) is 0 Å². The molecule has 1 atom stereocenters. The average molecular weight is 341 g/mol. The minimum Gasteiger partial charge on any atom is -0.491 e. The van der Waals surface area contributed by atoms with Gasteiger partial charge in [0.05, 0.1) is 6.10 Å².